The smallest absolute Gasteiger partial charge is 0.232 e. The number of thiophene rings is 1. The van der Waals surface area contributed by atoms with Crippen molar-refractivity contribution in [2.75, 3.05) is 26.9 Å². The van der Waals surface area contributed by atoms with E-state index in [2.05, 4.69) is 17.3 Å². The summed E-state index contributed by atoms with van der Waals surface area (Å²) in [4.78, 5) is 2.29. The molecule has 2 aliphatic heterocycles. The maximum atomic E-state index is 6.06. The minimum atomic E-state index is 0.265. The quantitative estimate of drug-likeness (QED) is 0.802. The monoisotopic (exact) mass is 240 g/mol. The van der Waals surface area contributed by atoms with Crippen molar-refractivity contribution >= 4 is 11.3 Å². The average molecular weight is 240 g/mol. The van der Waals surface area contributed by atoms with Crippen LogP contribution in [-0.4, -0.2) is 37.9 Å². The summed E-state index contributed by atoms with van der Waals surface area (Å²) in [5.74, 6) is 1.44. The lowest BCUT2D eigenvalue weighted by molar-refractivity contribution is 0.172. The normalized spacial score (nSPS) is 29.6. The van der Waals surface area contributed by atoms with Gasteiger partial charge in [-0.05, 0) is 13.5 Å². The molecule has 2 atom stereocenters. The summed E-state index contributed by atoms with van der Waals surface area (Å²) < 4.78 is 10.9. The second-order valence-corrected chi connectivity index (χ2v) is 5.47. The first-order valence-corrected chi connectivity index (χ1v) is 6.43. The van der Waals surface area contributed by atoms with Crippen LogP contribution in [-0.2, 0) is 0 Å². The topological polar surface area (TPSA) is 47.7 Å². The zero-order chi connectivity index (χ0) is 11.1. The summed E-state index contributed by atoms with van der Waals surface area (Å²) in [6.07, 6.45) is 1.04. The lowest BCUT2D eigenvalue weighted by atomic mass is 9.90. The van der Waals surface area contributed by atoms with E-state index in [1.807, 2.05) is 0 Å². The molecule has 2 aliphatic rings. The van der Waals surface area contributed by atoms with Crippen molar-refractivity contribution in [3.63, 3.8) is 0 Å². The first kappa shape index (κ1) is 10.4. The maximum Gasteiger partial charge on any atom is 0.232 e. The van der Waals surface area contributed by atoms with E-state index in [0.717, 1.165) is 30.3 Å². The van der Waals surface area contributed by atoms with Crippen molar-refractivity contribution in [3.8, 4) is 10.8 Å². The van der Waals surface area contributed by atoms with Crippen molar-refractivity contribution in [3.05, 3.63) is 10.9 Å². The Morgan fingerprint density at radius 3 is 3.12 bits per heavy atom. The zero-order valence-electron chi connectivity index (χ0n) is 9.31. The summed E-state index contributed by atoms with van der Waals surface area (Å²) >= 11 is 1.63. The Bertz CT molecular complexity index is 383. The summed E-state index contributed by atoms with van der Waals surface area (Å²) in [6, 6.07) is 0.265. The molecule has 1 fully saturated rings. The van der Waals surface area contributed by atoms with Gasteiger partial charge in [0.1, 0.15) is 0 Å². The van der Waals surface area contributed by atoms with E-state index in [9.17, 15) is 0 Å². The van der Waals surface area contributed by atoms with Gasteiger partial charge in [-0.3, -0.25) is 0 Å². The third-order valence-corrected chi connectivity index (χ3v) is 4.13. The molecule has 88 valence electrons. The molecule has 0 aromatic carbocycles. The molecule has 5 heteroatoms. The molecule has 0 amide bonds. The summed E-state index contributed by atoms with van der Waals surface area (Å²) in [6.45, 7) is 2.41. The maximum absolute atomic E-state index is 6.06. The highest BCUT2D eigenvalue weighted by Crippen LogP contribution is 2.46. The van der Waals surface area contributed by atoms with Gasteiger partial charge in [0.05, 0.1) is 0 Å². The highest BCUT2D eigenvalue weighted by atomic mass is 32.1. The second kappa shape index (κ2) is 3.91. The molecule has 1 aromatic heterocycles. The van der Waals surface area contributed by atoms with Gasteiger partial charge < -0.3 is 20.1 Å². The van der Waals surface area contributed by atoms with Crippen LogP contribution in [0, 0.1) is 0 Å². The average Bonchev–Trinajstić information content (AvgIpc) is 2.75. The Morgan fingerprint density at radius 1 is 1.44 bits per heavy atom. The van der Waals surface area contributed by atoms with Gasteiger partial charge in [0.2, 0.25) is 11.9 Å². The van der Waals surface area contributed by atoms with Gasteiger partial charge >= 0.3 is 0 Å². The fraction of sp³-hybridized carbons (Fsp3) is 0.636. The van der Waals surface area contributed by atoms with Crippen molar-refractivity contribution in [1.82, 2.24) is 4.90 Å². The van der Waals surface area contributed by atoms with Crippen LogP contribution in [0.5, 0.6) is 10.8 Å². The molecule has 3 rings (SSSR count). The molecule has 0 saturated carbocycles. The van der Waals surface area contributed by atoms with E-state index in [1.165, 1.54) is 5.56 Å². The fourth-order valence-electron chi connectivity index (χ4n) is 2.60. The molecule has 1 aromatic rings. The number of fused-ring (bicyclic) bond motifs is 1. The number of nitrogens with two attached hydrogens (primary N) is 1. The first-order chi connectivity index (χ1) is 7.74. The number of ether oxygens (including phenoxy) is 2. The molecule has 4 nitrogen and oxygen atoms in total. The molecule has 3 heterocycles. The Kier molecular flexibility index (Phi) is 2.53. The van der Waals surface area contributed by atoms with Crippen molar-refractivity contribution in [1.29, 1.82) is 0 Å². The van der Waals surface area contributed by atoms with Crippen molar-refractivity contribution < 1.29 is 9.47 Å². The van der Waals surface area contributed by atoms with Gasteiger partial charge in [0.25, 0.3) is 0 Å². The standard InChI is InChI=1S/C11H16N2O2S/c1-13-3-7(2-8(12)4-13)9-5-16-11-10(9)14-6-15-11/h5,7-8H,2-4,6,12H2,1H3. The number of likely N-dealkylation sites (N-methyl/N-ethyl adjacent to an activating group) is 1. The van der Waals surface area contributed by atoms with E-state index in [-0.39, 0.29) is 6.04 Å². The number of hydrogen-bond donors (Lipinski definition) is 1. The number of hydrogen-bond acceptors (Lipinski definition) is 5. The Balaban J connectivity index is 1.86. The second-order valence-electron chi connectivity index (χ2n) is 4.63. The molecule has 0 spiro atoms. The first-order valence-electron chi connectivity index (χ1n) is 5.55. The molecule has 16 heavy (non-hydrogen) atoms. The summed E-state index contributed by atoms with van der Waals surface area (Å²) in [7, 11) is 2.12. The number of rotatable bonds is 1. The molecule has 2 N–H and O–H groups in total. The molecular weight excluding hydrogens is 224 g/mol. The van der Waals surface area contributed by atoms with Crippen LogP contribution in [0.25, 0.3) is 0 Å². The Labute approximate surface area is 98.9 Å². The predicted octanol–water partition coefficient (Wildman–Crippen LogP) is 1.22. The number of piperidine rings is 1. The highest BCUT2D eigenvalue weighted by Gasteiger charge is 2.30. The van der Waals surface area contributed by atoms with Crippen LogP contribution in [0.1, 0.15) is 17.9 Å². The lowest BCUT2D eigenvalue weighted by Crippen LogP contribution is -2.44. The van der Waals surface area contributed by atoms with E-state index < -0.39 is 0 Å². The minimum Gasteiger partial charge on any atom is -0.452 e. The van der Waals surface area contributed by atoms with Crippen LogP contribution in [0.15, 0.2) is 5.38 Å². The van der Waals surface area contributed by atoms with Crippen molar-refractivity contribution in [2.24, 2.45) is 5.73 Å². The van der Waals surface area contributed by atoms with Gasteiger partial charge in [-0.2, -0.15) is 0 Å². The van der Waals surface area contributed by atoms with E-state index in [0.29, 0.717) is 12.7 Å². The van der Waals surface area contributed by atoms with Crippen LogP contribution < -0.4 is 15.2 Å². The molecule has 2 unspecified atom stereocenters. The SMILES string of the molecule is CN1CC(N)CC(c2csc3c2OCO3)C1. The van der Waals surface area contributed by atoms with Gasteiger partial charge in [-0.15, -0.1) is 11.3 Å². The van der Waals surface area contributed by atoms with Gasteiger partial charge in [0, 0.05) is 36.0 Å². The van der Waals surface area contributed by atoms with Gasteiger partial charge in [0.15, 0.2) is 5.75 Å². The van der Waals surface area contributed by atoms with Crippen LogP contribution in [0.3, 0.4) is 0 Å². The van der Waals surface area contributed by atoms with Gasteiger partial charge in [-0.25, -0.2) is 0 Å². The van der Waals surface area contributed by atoms with E-state index in [1.54, 1.807) is 11.3 Å². The molecular formula is C11H16N2O2S. The molecule has 0 bridgehead atoms. The predicted molar refractivity (Wildman–Crippen MR) is 63.3 cm³/mol. The lowest BCUT2D eigenvalue weighted by Gasteiger charge is -2.33. The molecule has 1 saturated heterocycles. The number of likely N-dealkylation sites (tertiary alicyclic amines) is 1. The van der Waals surface area contributed by atoms with E-state index in [4.69, 9.17) is 15.2 Å². The Morgan fingerprint density at radius 2 is 2.31 bits per heavy atom. The van der Waals surface area contributed by atoms with Crippen molar-refractivity contribution in [2.45, 2.75) is 18.4 Å². The largest absolute Gasteiger partial charge is 0.452 e. The zero-order valence-corrected chi connectivity index (χ0v) is 10.1. The third kappa shape index (κ3) is 1.69. The van der Waals surface area contributed by atoms with Crippen LogP contribution in [0.4, 0.5) is 0 Å². The Hall–Kier alpha value is -0.780. The van der Waals surface area contributed by atoms with Crippen LogP contribution >= 0.6 is 11.3 Å². The van der Waals surface area contributed by atoms with Crippen LogP contribution in [0.2, 0.25) is 0 Å². The molecule has 0 radical (unpaired) electrons. The third-order valence-electron chi connectivity index (χ3n) is 3.24. The number of nitrogens with zero attached hydrogens (tertiary/aromatic N) is 1. The molecule has 0 aliphatic carbocycles. The minimum absolute atomic E-state index is 0.265. The summed E-state index contributed by atoms with van der Waals surface area (Å²) in [5.41, 5.74) is 7.33. The van der Waals surface area contributed by atoms with Gasteiger partial charge in [-0.1, -0.05) is 0 Å². The fourth-order valence-corrected chi connectivity index (χ4v) is 3.53. The summed E-state index contributed by atoms with van der Waals surface area (Å²) in [5, 5.41) is 3.08. The highest BCUT2D eigenvalue weighted by molar-refractivity contribution is 7.12. The van der Waals surface area contributed by atoms with E-state index >= 15 is 0 Å².